The Balaban J connectivity index is 2.15. The van der Waals surface area contributed by atoms with Crippen molar-refractivity contribution < 1.29 is 4.79 Å². The number of thiophene rings is 1. The number of hydrogen-bond donors (Lipinski definition) is 1. The standard InChI is InChI=1S/C14H16N2OS/c1-10-7-12(15)3-4-13(10)14(17)16(2)8-11-5-6-18-9-11/h3-7,9H,8,15H2,1-2H3. The summed E-state index contributed by atoms with van der Waals surface area (Å²) in [6, 6.07) is 7.41. The largest absolute Gasteiger partial charge is 0.399 e. The fourth-order valence-corrected chi connectivity index (χ4v) is 2.52. The minimum atomic E-state index is 0.0266. The van der Waals surface area contributed by atoms with E-state index in [1.165, 1.54) is 0 Å². The van der Waals surface area contributed by atoms with E-state index in [-0.39, 0.29) is 5.91 Å². The van der Waals surface area contributed by atoms with E-state index in [1.807, 2.05) is 31.5 Å². The minimum absolute atomic E-state index is 0.0266. The molecule has 2 rings (SSSR count). The van der Waals surface area contributed by atoms with Gasteiger partial charge in [0.1, 0.15) is 0 Å². The Kier molecular flexibility index (Phi) is 3.67. The molecule has 0 spiro atoms. The third-order valence-corrected chi connectivity index (χ3v) is 3.56. The van der Waals surface area contributed by atoms with Crippen LogP contribution in [0.15, 0.2) is 35.0 Å². The topological polar surface area (TPSA) is 46.3 Å². The first-order valence-corrected chi connectivity index (χ1v) is 6.65. The molecule has 2 N–H and O–H groups in total. The number of nitrogens with zero attached hydrogens (tertiary/aromatic N) is 1. The van der Waals surface area contributed by atoms with Crippen LogP contribution in [0.4, 0.5) is 5.69 Å². The van der Waals surface area contributed by atoms with Crippen LogP contribution < -0.4 is 5.73 Å². The molecule has 0 aliphatic carbocycles. The molecule has 4 heteroatoms. The highest BCUT2D eigenvalue weighted by atomic mass is 32.1. The summed E-state index contributed by atoms with van der Waals surface area (Å²) < 4.78 is 0. The van der Waals surface area contributed by atoms with Crippen LogP contribution in [0.1, 0.15) is 21.5 Å². The lowest BCUT2D eigenvalue weighted by molar-refractivity contribution is 0.0784. The smallest absolute Gasteiger partial charge is 0.254 e. The maximum absolute atomic E-state index is 12.3. The fraction of sp³-hybridized carbons (Fsp3) is 0.214. The third kappa shape index (κ3) is 2.71. The molecule has 0 saturated heterocycles. The van der Waals surface area contributed by atoms with Gasteiger partial charge in [-0.15, -0.1) is 0 Å². The molecule has 18 heavy (non-hydrogen) atoms. The molecule has 1 heterocycles. The van der Waals surface area contributed by atoms with Crippen molar-refractivity contribution in [1.82, 2.24) is 4.90 Å². The molecule has 0 bridgehead atoms. The lowest BCUT2D eigenvalue weighted by Crippen LogP contribution is -2.26. The third-order valence-electron chi connectivity index (χ3n) is 2.83. The monoisotopic (exact) mass is 260 g/mol. The number of carbonyl (C=O) groups excluding carboxylic acids is 1. The number of amides is 1. The zero-order valence-electron chi connectivity index (χ0n) is 10.5. The molecule has 0 fully saturated rings. The summed E-state index contributed by atoms with van der Waals surface area (Å²) in [4.78, 5) is 14.0. The highest BCUT2D eigenvalue weighted by Gasteiger charge is 2.14. The summed E-state index contributed by atoms with van der Waals surface area (Å²) in [5.41, 5.74) is 9.16. The SMILES string of the molecule is Cc1cc(N)ccc1C(=O)N(C)Cc1ccsc1. The van der Waals surface area contributed by atoms with Crippen molar-refractivity contribution in [3.8, 4) is 0 Å². The summed E-state index contributed by atoms with van der Waals surface area (Å²) in [5.74, 6) is 0.0266. The second-order valence-corrected chi connectivity index (χ2v) is 5.15. The fourth-order valence-electron chi connectivity index (χ4n) is 1.86. The van der Waals surface area contributed by atoms with Crippen molar-refractivity contribution in [2.75, 3.05) is 12.8 Å². The van der Waals surface area contributed by atoms with Crippen LogP contribution in [0.2, 0.25) is 0 Å². The Bertz CT molecular complexity index is 549. The van der Waals surface area contributed by atoms with Crippen LogP contribution in [0, 0.1) is 6.92 Å². The Morgan fingerprint density at radius 1 is 1.39 bits per heavy atom. The van der Waals surface area contributed by atoms with E-state index in [2.05, 4.69) is 5.38 Å². The van der Waals surface area contributed by atoms with Gasteiger partial charge in [-0.05, 0) is 53.1 Å². The van der Waals surface area contributed by atoms with Gasteiger partial charge < -0.3 is 10.6 Å². The Hall–Kier alpha value is -1.81. The molecule has 1 aromatic heterocycles. The molecule has 0 aliphatic rings. The van der Waals surface area contributed by atoms with Gasteiger partial charge in [-0.2, -0.15) is 11.3 Å². The van der Waals surface area contributed by atoms with Gasteiger partial charge in [-0.3, -0.25) is 4.79 Å². The number of nitrogens with two attached hydrogens (primary N) is 1. The van der Waals surface area contributed by atoms with E-state index in [9.17, 15) is 4.79 Å². The van der Waals surface area contributed by atoms with E-state index >= 15 is 0 Å². The van der Waals surface area contributed by atoms with Gasteiger partial charge in [0.15, 0.2) is 0 Å². The van der Waals surface area contributed by atoms with Gasteiger partial charge in [-0.25, -0.2) is 0 Å². The number of nitrogen functional groups attached to an aromatic ring is 1. The number of hydrogen-bond acceptors (Lipinski definition) is 3. The van der Waals surface area contributed by atoms with Gasteiger partial charge in [0.2, 0.25) is 0 Å². The molecule has 1 aromatic carbocycles. The second kappa shape index (κ2) is 5.23. The summed E-state index contributed by atoms with van der Waals surface area (Å²) >= 11 is 1.64. The van der Waals surface area contributed by atoms with Crippen molar-refractivity contribution in [3.05, 3.63) is 51.7 Å². The van der Waals surface area contributed by atoms with Crippen molar-refractivity contribution in [3.63, 3.8) is 0 Å². The summed E-state index contributed by atoms with van der Waals surface area (Å²) in [6.45, 7) is 2.54. The zero-order chi connectivity index (χ0) is 13.1. The number of benzene rings is 1. The molecule has 2 aromatic rings. The van der Waals surface area contributed by atoms with Crippen LogP contribution >= 0.6 is 11.3 Å². The molecular formula is C14H16N2OS. The predicted octanol–water partition coefficient (Wildman–Crippen LogP) is 2.91. The molecule has 0 unspecified atom stereocenters. The predicted molar refractivity (Wildman–Crippen MR) is 75.7 cm³/mol. The highest BCUT2D eigenvalue weighted by molar-refractivity contribution is 7.07. The maximum atomic E-state index is 12.3. The van der Waals surface area contributed by atoms with Crippen LogP contribution in [0.3, 0.4) is 0 Å². The zero-order valence-corrected chi connectivity index (χ0v) is 11.3. The number of aryl methyl sites for hydroxylation is 1. The van der Waals surface area contributed by atoms with Crippen LogP contribution in [0.5, 0.6) is 0 Å². The highest BCUT2D eigenvalue weighted by Crippen LogP contribution is 2.16. The normalized spacial score (nSPS) is 10.3. The Labute approximate surface area is 111 Å². The van der Waals surface area contributed by atoms with Crippen molar-refractivity contribution >= 4 is 22.9 Å². The summed E-state index contributed by atoms with van der Waals surface area (Å²) in [5, 5.41) is 4.07. The van der Waals surface area contributed by atoms with E-state index in [0.29, 0.717) is 17.8 Å². The van der Waals surface area contributed by atoms with Crippen LogP contribution in [0.25, 0.3) is 0 Å². The van der Waals surface area contributed by atoms with E-state index < -0.39 is 0 Å². The Morgan fingerprint density at radius 3 is 2.78 bits per heavy atom. The van der Waals surface area contributed by atoms with Gasteiger partial charge in [0, 0.05) is 24.8 Å². The lowest BCUT2D eigenvalue weighted by Gasteiger charge is -2.18. The van der Waals surface area contributed by atoms with E-state index in [0.717, 1.165) is 11.1 Å². The quantitative estimate of drug-likeness (QED) is 0.862. The molecular weight excluding hydrogens is 244 g/mol. The van der Waals surface area contributed by atoms with E-state index in [1.54, 1.807) is 28.4 Å². The number of anilines is 1. The van der Waals surface area contributed by atoms with Crippen molar-refractivity contribution in [1.29, 1.82) is 0 Å². The molecule has 1 amide bonds. The number of carbonyl (C=O) groups is 1. The molecule has 0 radical (unpaired) electrons. The summed E-state index contributed by atoms with van der Waals surface area (Å²) in [7, 11) is 1.82. The van der Waals surface area contributed by atoms with E-state index in [4.69, 9.17) is 5.73 Å². The average Bonchev–Trinajstić information content (AvgIpc) is 2.81. The second-order valence-electron chi connectivity index (χ2n) is 4.37. The molecule has 94 valence electrons. The van der Waals surface area contributed by atoms with Gasteiger partial charge >= 0.3 is 0 Å². The molecule has 0 aliphatic heterocycles. The van der Waals surface area contributed by atoms with Crippen molar-refractivity contribution in [2.45, 2.75) is 13.5 Å². The number of rotatable bonds is 3. The first-order chi connectivity index (χ1) is 8.58. The minimum Gasteiger partial charge on any atom is -0.399 e. The first-order valence-electron chi connectivity index (χ1n) is 5.70. The van der Waals surface area contributed by atoms with Gasteiger partial charge in [0.05, 0.1) is 0 Å². The average molecular weight is 260 g/mol. The molecule has 0 saturated carbocycles. The maximum Gasteiger partial charge on any atom is 0.254 e. The van der Waals surface area contributed by atoms with Gasteiger partial charge in [0.25, 0.3) is 5.91 Å². The van der Waals surface area contributed by atoms with Crippen molar-refractivity contribution in [2.24, 2.45) is 0 Å². The molecule has 3 nitrogen and oxygen atoms in total. The van der Waals surface area contributed by atoms with Crippen LogP contribution in [-0.2, 0) is 6.54 Å². The van der Waals surface area contributed by atoms with Crippen LogP contribution in [-0.4, -0.2) is 17.9 Å². The first kappa shape index (κ1) is 12.6. The van der Waals surface area contributed by atoms with Gasteiger partial charge in [-0.1, -0.05) is 0 Å². The lowest BCUT2D eigenvalue weighted by atomic mass is 10.1. The summed E-state index contributed by atoms with van der Waals surface area (Å²) in [6.07, 6.45) is 0. The Morgan fingerprint density at radius 2 is 2.17 bits per heavy atom. The molecule has 0 atom stereocenters.